The number of pyridine rings is 1. The molecule has 0 unspecified atom stereocenters. The highest BCUT2D eigenvalue weighted by atomic mass is 16.5. The molecule has 1 aromatic carbocycles. The zero-order chi connectivity index (χ0) is 18.6. The zero-order valence-corrected chi connectivity index (χ0v) is 15.7. The Bertz CT molecular complexity index is 925. The minimum atomic E-state index is 0.831. The molecule has 0 bridgehead atoms. The first-order valence-electron chi connectivity index (χ1n) is 9.08. The van der Waals surface area contributed by atoms with E-state index in [4.69, 9.17) is 9.72 Å². The van der Waals surface area contributed by atoms with Gasteiger partial charge in [0.2, 0.25) is 0 Å². The lowest BCUT2D eigenvalue weighted by Crippen LogP contribution is -2.49. The number of imidazole rings is 1. The summed E-state index contributed by atoms with van der Waals surface area (Å²) in [7, 11) is 3.81. The number of hydrogen-bond donors (Lipinski definition) is 1. The summed E-state index contributed by atoms with van der Waals surface area (Å²) in [6.07, 6.45) is 3.81. The second kappa shape index (κ2) is 7.77. The molecule has 0 amide bonds. The summed E-state index contributed by atoms with van der Waals surface area (Å²) < 4.78 is 7.33. The van der Waals surface area contributed by atoms with E-state index in [9.17, 15) is 0 Å². The number of rotatable bonds is 5. The summed E-state index contributed by atoms with van der Waals surface area (Å²) in [5.41, 5.74) is 6.02. The second-order valence-electron chi connectivity index (χ2n) is 6.65. The number of aromatic nitrogens is 2. The highest BCUT2D eigenvalue weighted by molar-refractivity contribution is 5.88. The van der Waals surface area contributed by atoms with Crippen molar-refractivity contribution in [3.63, 3.8) is 0 Å². The second-order valence-corrected chi connectivity index (χ2v) is 6.65. The summed E-state index contributed by atoms with van der Waals surface area (Å²) in [6, 6.07) is 14.0. The van der Waals surface area contributed by atoms with Crippen LogP contribution in [-0.2, 0) is 0 Å². The maximum absolute atomic E-state index is 5.25. The Hall–Kier alpha value is -2.90. The molecule has 0 aliphatic carbocycles. The van der Waals surface area contributed by atoms with Crippen LogP contribution in [0.3, 0.4) is 0 Å². The van der Waals surface area contributed by atoms with Gasteiger partial charge in [-0.25, -0.2) is 15.5 Å². The summed E-state index contributed by atoms with van der Waals surface area (Å²) in [5, 5.41) is 6.54. The van der Waals surface area contributed by atoms with Gasteiger partial charge in [-0.05, 0) is 43.4 Å². The van der Waals surface area contributed by atoms with E-state index in [1.165, 1.54) is 0 Å². The molecule has 0 atom stereocenters. The van der Waals surface area contributed by atoms with Gasteiger partial charge in [-0.2, -0.15) is 5.10 Å². The molecule has 140 valence electrons. The quantitative estimate of drug-likeness (QED) is 0.555. The van der Waals surface area contributed by atoms with Gasteiger partial charge in [0.05, 0.1) is 18.8 Å². The first kappa shape index (κ1) is 17.5. The molecule has 4 rings (SSSR count). The number of benzene rings is 1. The average Bonchev–Trinajstić information content (AvgIpc) is 3.08. The van der Waals surface area contributed by atoms with E-state index >= 15 is 0 Å². The first-order chi connectivity index (χ1) is 13.2. The molecular weight excluding hydrogens is 340 g/mol. The Kier molecular flexibility index (Phi) is 5.04. The van der Waals surface area contributed by atoms with E-state index in [-0.39, 0.29) is 0 Å². The fourth-order valence-electron chi connectivity index (χ4n) is 3.18. The van der Waals surface area contributed by atoms with Crippen LogP contribution in [0, 0.1) is 0 Å². The normalized spacial score (nSPS) is 16.2. The molecule has 7 heteroatoms. The van der Waals surface area contributed by atoms with E-state index in [0.717, 1.165) is 54.5 Å². The fraction of sp³-hybridized carbons (Fsp3) is 0.300. The molecule has 0 spiro atoms. The van der Waals surface area contributed by atoms with Crippen LogP contribution in [0.15, 0.2) is 53.8 Å². The maximum atomic E-state index is 5.25. The molecule has 0 saturated carbocycles. The number of likely N-dealkylation sites (N-methyl/N-ethyl adjacent to an activating group) is 1. The van der Waals surface area contributed by atoms with Crippen molar-refractivity contribution in [3.05, 3.63) is 54.4 Å². The molecule has 1 fully saturated rings. The average molecular weight is 364 g/mol. The Morgan fingerprint density at radius 2 is 1.85 bits per heavy atom. The van der Waals surface area contributed by atoms with Crippen LogP contribution < -0.4 is 10.3 Å². The molecule has 1 aliphatic heterocycles. The molecule has 3 heterocycles. The van der Waals surface area contributed by atoms with Crippen LogP contribution in [0.25, 0.3) is 16.9 Å². The van der Waals surface area contributed by atoms with Crippen LogP contribution in [0.2, 0.25) is 0 Å². The predicted octanol–water partition coefficient (Wildman–Crippen LogP) is 2.10. The van der Waals surface area contributed by atoms with Crippen molar-refractivity contribution in [2.24, 2.45) is 5.10 Å². The third kappa shape index (κ3) is 3.79. The molecule has 0 radical (unpaired) electrons. The summed E-state index contributed by atoms with van der Waals surface area (Å²) in [5.74, 6) is 1.71. The number of fused-ring (bicyclic) bond motifs is 1. The Labute approximate surface area is 158 Å². The van der Waals surface area contributed by atoms with Gasteiger partial charge in [0, 0.05) is 37.9 Å². The lowest BCUT2D eigenvalue weighted by molar-refractivity contribution is 0.107. The van der Waals surface area contributed by atoms with Crippen molar-refractivity contribution >= 4 is 11.7 Å². The van der Waals surface area contributed by atoms with Gasteiger partial charge in [0.25, 0.3) is 0 Å². The monoisotopic (exact) mass is 364 g/mol. The van der Waals surface area contributed by atoms with E-state index in [2.05, 4.69) is 38.1 Å². The summed E-state index contributed by atoms with van der Waals surface area (Å²) >= 11 is 0. The van der Waals surface area contributed by atoms with Crippen molar-refractivity contribution in [2.75, 3.05) is 40.3 Å². The Balaban J connectivity index is 1.58. The number of nitrogens with one attached hydrogen (secondary N) is 1. The Morgan fingerprint density at radius 1 is 1.07 bits per heavy atom. The van der Waals surface area contributed by atoms with Gasteiger partial charge in [-0.1, -0.05) is 6.07 Å². The summed E-state index contributed by atoms with van der Waals surface area (Å²) in [4.78, 5) is 7.13. The standard InChI is InChI=1S/C20H24N6O/c1-24-11-13-25(14-12-24)23-21-15-18-19-5-3-4-10-26(19)20(22-18)16-6-8-17(27-2)9-7-16/h3-10,15,23H,11-14H2,1-2H3. The lowest BCUT2D eigenvalue weighted by atomic mass is 10.2. The minimum absolute atomic E-state index is 0.831. The van der Waals surface area contributed by atoms with E-state index in [1.54, 1.807) is 13.3 Å². The SMILES string of the molecule is COc1ccc(-c2nc(C=NNN3CCN(C)CC3)c3ccccn23)cc1. The van der Waals surface area contributed by atoms with Crippen molar-refractivity contribution in [1.29, 1.82) is 0 Å². The largest absolute Gasteiger partial charge is 0.497 e. The lowest BCUT2D eigenvalue weighted by Gasteiger charge is -2.31. The molecule has 27 heavy (non-hydrogen) atoms. The van der Waals surface area contributed by atoms with Crippen LogP contribution in [0.1, 0.15) is 5.69 Å². The van der Waals surface area contributed by atoms with Crippen molar-refractivity contribution in [2.45, 2.75) is 0 Å². The smallest absolute Gasteiger partial charge is 0.145 e. The molecule has 7 nitrogen and oxygen atoms in total. The van der Waals surface area contributed by atoms with Gasteiger partial charge in [0.15, 0.2) is 0 Å². The molecule has 1 N–H and O–H groups in total. The molecule has 3 aromatic rings. The van der Waals surface area contributed by atoms with Crippen LogP contribution in [0.4, 0.5) is 0 Å². The number of nitrogens with zero attached hydrogens (tertiary/aromatic N) is 5. The van der Waals surface area contributed by atoms with E-state index < -0.39 is 0 Å². The van der Waals surface area contributed by atoms with Gasteiger partial charge in [-0.3, -0.25) is 4.40 Å². The van der Waals surface area contributed by atoms with Crippen molar-refractivity contribution in [3.8, 4) is 17.1 Å². The highest BCUT2D eigenvalue weighted by Gasteiger charge is 2.13. The number of piperazine rings is 1. The number of hydrazine groups is 1. The van der Waals surface area contributed by atoms with Crippen molar-refractivity contribution in [1.82, 2.24) is 24.8 Å². The number of hydrazone groups is 1. The summed E-state index contributed by atoms with van der Waals surface area (Å²) in [6.45, 7) is 3.98. The Morgan fingerprint density at radius 3 is 2.59 bits per heavy atom. The third-order valence-corrected chi connectivity index (χ3v) is 4.81. The van der Waals surface area contributed by atoms with Gasteiger partial charge in [0.1, 0.15) is 17.3 Å². The van der Waals surface area contributed by atoms with Gasteiger partial charge >= 0.3 is 0 Å². The maximum Gasteiger partial charge on any atom is 0.145 e. The van der Waals surface area contributed by atoms with Crippen molar-refractivity contribution < 1.29 is 4.74 Å². The number of hydrogen-bond acceptors (Lipinski definition) is 6. The van der Waals surface area contributed by atoms with E-state index in [1.807, 2.05) is 42.6 Å². The third-order valence-electron chi connectivity index (χ3n) is 4.81. The van der Waals surface area contributed by atoms with Gasteiger partial charge in [-0.15, -0.1) is 0 Å². The van der Waals surface area contributed by atoms with Crippen LogP contribution in [-0.4, -0.2) is 65.8 Å². The fourth-order valence-corrected chi connectivity index (χ4v) is 3.18. The highest BCUT2D eigenvalue weighted by Crippen LogP contribution is 2.24. The number of methoxy groups -OCH3 is 1. The molecule has 1 aliphatic rings. The molecular formula is C20H24N6O. The van der Waals surface area contributed by atoms with Gasteiger partial charge < -0.3 is 9.64 Å². The predicted molar refractivity (Wildman–Crippen MR) is 107 cm³/mol. The van der Waals surface area contributed by atoms with E-state index in [0.29, 0.717) is 0 Å². The van der Waals surface area contributed by atoms with Crippen LogP contribution in [0.5, 0.6) is 5.75 Å². The minimum Gasteiger partial charge on any atom is -0.497 e. The molecule has 1 saturated heterocycles. The zero-order valence-electron chi connectivity index (χ0n) is 15.7. The topological polar surface area (TPSA) is 57.4 Å². The number of ether oxygens (including phenoxy) is 1. The first-order valence-corrected chi connectivity index (χ1v) is 9.08. The molecule has 2 aromatic heterocycles. The van der Waals surface area contributed by atoms with Crippen LogP contribution >= 0.6 is 0 Å².